The first-order valence-corrected chi connectivity index (χ1v) is 41.2. The Hall–Kier alpha value is -1.94. The Labute approximate surface area is 562 Å². The lowest BCUT2D eigenvalue weighted by Crippen LogP contribution is -2.30. The fraction of sp³-hybridized carbons (Fsp3) is 0.945. The normalized spacial score (nSPS) is 14.3. The number of phosphoric ester groups is 2. The van der Waals surface area contributed by atoms with Gasteiger partial charge in [0, 0.05) is 25.7 Å². The van der Waals surface area contributed by atoms with Crippen LogP contribution in [0.1, 0.15) is 381 Å². The highest BCUT2D eigenvalue weighted by Crippen LogP contribution is 2.45. The number of esters is 4. The van der Waals surface area contributed by atoms with Gasteiger partial charge >= 0.3 is 39.5 Å². The summed E-state index contributed by atoms with van der Waals surface area (Å²) in [5, 5.41) is 10.6. The minimum Gasteiger partial charge on any atom is -0.462 e. The van der Waals surface area contributed by atoms with E-state index in [0.29, 0.717) is 25.7 Å². The van der Waals surface area contributed by atoms with Crippen LogP contribution in [-0.2, 0) is 65.4 Å². The van der Waals surface area contributed by atoms with Crippen LogP contribution in [0.2, 0.25) is 0 Å². The molecule has 0 aliphatic carbocycles. The predicted octanol–water partition coefficient (Wildman–Crippen LogP) is 21.3. The number of rotatable bonds is 73. The molecule has 0 radical (unpaired) electrons. The van der Waals surface area contributed by atoms with E-state index in [1.165, 1.54) is 205 Å². The number of unbranched alkanes of at least 4 members (excludes halogenated alkanes) is 44. The van der Waals surface area contributed by atoms with Crippen LogP contribution in [0.5, 0.6) is 0 Å². The Morgan fingerprint density at radius 3 is 0.772 bits per heavy atom. The van der Waals surface area contributed by atoms with E-state index in [4.69, 9.17) is 37.0 Å². The summed E-state index contributed by atoms with van der Waals surface area (Å²) in [5.74, 6) is -1.31. The van der Waals surface area contributed by atoms with Crippen molar-refractivity contribution in [3.63, 3.8) is 0 Å². The van der Waals surface area contributed by atoms with Crippen LogP contribution in [0.25, 0.3) is 0 Å². The second-order valence-corrected chi connectivity index (χ2v) is 29.5. The van der Waals surface area contributed by atoms with Gasteiger partial charge in [-0.3, -0.25) is 37.3 Å². The van der Waals surface area contributed by atoms with E-state index in [9.17, 15) is 43.2 Å². The lowest BCUT2D eigenvalue weighted by atomic mass is 9.99. The highest BCUT2D eigenvalue weighted by molar-refractivity contribution is 7.47. The summed E-state index contributed by atoms with van der Waals surface area (Å²) >= 11 is 0. The monoisotopic (exact) mass is 1350 g/mol. The largest absolute Gasteiger partial charge is 0.472 e. The molecule has 0 rings (SSSR count). The minimum absolute atomic E-state index is 0.107. The molecule has 0 spiro atoms. The number of carbonyl (C=O) groups excluding carboxylic acids is 4. The molecule has 0 fully saturated rings. The van der Waals surface area contributed by atoms with Gasteiger partial charge in [-0.1, -0.05) is 330 Å². The average Bonchev–Trinajstić information content (AvgIpc) is 2.21. The van der Waals surface area contributed by atoms with Gasteiger partial charge in [-0.15, -0.1) is 0 Å². The lowest BCUT2D eigenvalue weighted by Gasteiger charge is -2.21. The van der Waals surface area contributed by atoms with Gasteiger partial charge in [0.25, 0.3) is 0 Å². The first-order valence-electron chi connectivity index (χ1n) is 38.2. The minimum atomic E-state index is -4.95. The van der Waals surface area contributed by atoms with Crippen LogP contribution < -0.4 is 0 Å². The molecular weight excluding hydrogens is 1210 g/mol. The first-order chi connectivity index (χ1) is 44.6. The van der Waals surface area contributed by atoms with Crippen molar-refractivity contribution in [3.05, 3.63) is 0 Å². The van der Waals surface area contributed by atoms with Crippen LogP contribution in [0.3, 0.4) is 0 Å². The van der Waals surface area contributed by atoms with Gasteiger partial charge in [-0.2, -0.15) is 0 Å². The average molecular weight is 1350 g/mol. The fourth-order valence-electron chi connectivity index (χ4n) is 11.1. The second kappa shape index (κ2) is 66.3. The maximum atomic E-state index is 13.1. The highest BCUT2D eigenvalue weighted by Gasteiger charge is 2.30. The highest BCUT2D eigenvalue weighted by atomic mass is 31.2. The number of aliphatic hydroxyl groups excluding tert-OH is 1. The summed E-state index contributed by atoms with van der Waals surface area (Å²) in [4.78, 5) is 72.7. The molecule has 546 valence electrons. The summed E-state index contributed by atoms with van der Waals surface area (Å²) in [6.45, 7) is 7.30. The van der Waals surface area contributed by atoms with Gasteiger partial charge < -0.3 is 33.8 Å². The zero-order chi connectivity index (χ0) is 67.7. The number of hydrogen-bond acceptors (Lipinski definition) is 15. The topological polar surface area (TPSA) is 237 Å². The Kier molecular flexibility index (Phi) is 64.9. The molecule has 0 aromatic carbocycles. The molecule has 0 aromatic heterocycles. The second-order valence-electron chi connectivity index (χ2n) is 26.6. The molecule has 0 aliphatic rings. The third-order valence-electron chi connectivity index (χ3n) is 17.4. The summed E-state index contributed by atoms with van der Waals surface area (Å²) in [6.07, 6.45) is 53.8. The summed E-state index contributed by atoms with van der Waals surface area (Å²) < 4.78 is 68.4. The molecular formula is C73H142O17P2. The lowest BCUT2D eigenvalue weighted by molar-refractivity contribution is -0.161. The molecule has 0 heterocycles. The van der Waals surface area contributed by atoms with Gasteiger partial charge in [0.2, 0.25) is 0 Å². The number of carbonyl (C=O) groups is 4. The molecule has 0 aliphatic heterocycles. The predicted molar refractivity (Wildman–Crippen MR) is 372 cm³/mol. The van der Waals surface area contributed by atoms with Crippen LogP contribution in [-0.4, -0.2) is 96.7 Å². The van der Waals surface area contributed by atoms with E-state index >= 15 is 0 Å². The fourth-order valence-corrected chi connectivity index (χ4v) is 12.7. The van der Waals surface area contributed by atoms with Crippen molar-refractivity contribution in [2.24, 2.45) is 5.92 Å². The van der Waals surface area contributed by atoms with E-state index in [1.54, 1.807) is 0 Å². The molecule has 3 N–H and O–H groups in total. The van der Waals surface area contributed by atoms with E-state index in [1.807, 2.05) is 0 Å². The van der Waals surface area contributed by atoms with E-state index in [-0.39, 0.29) is 25.7 Å². The zero-order valence-corrected chi connectivity index (χ0v) is 61.5. The van der Waals surface area contributed by atoms with Crippen LogP contribution in [0.15, 0.2) is 0 Å². The molecule has 0 saturated carbocycles. The smallest absolute Gasteiger partial charge is 0.462 e. The summed E-state index contributed by atoms with van der Waals surface area (Å²) in [6, 6.07) is 0. The molecule has 6 atom stereocenters. The molecule has 0 bridgehead atoms. The van der Waals surface area contributed by atoms with Gasteiger partial charge in [0.1, 0.15) is 19.3 Å². The van der Waals surface area contributed by atoms with Crippen LogP contribution in [0.4, 0.5) is 0 Å². The Bertz CT molecular complexity index is 1770. The van der Waals surface area contributed by atoms with E-state index in [0.717, 1.165) is 95.8 Å². The molecule has 3 unspecified atom stereocenters. The maximum Gasteiger partial charge on any atom is 0.472 e. The van der Waals surface area contributed by atoms with Crippen LogP contribution >= 0.6 is 15.6 Å². The van der Waals surface area contributed by atoms with Gasteiger partial charge in [0.15, 0.2) is 12.2 Å². The molecule has 0 saturated heterocycles. The standard InChI is InChI=1S/C73H142O17P2/c1-6-10-13-16-19-22-25-28-29-32-37-42-47-52-57-71(76)84-63-69(90-73(78)59-54-49-44-39-34-33-35-40-45-50-55-66(5)9-4)65-88-92(81,82)86-61-67(74)60-85-91(79,80)87-64-68(89-72(77)58-53-48-43-38-31-27-24-21-18-15-12-8-3)62-83-70(75)56-51-46-41-36-30-26-23-20-17-14-11-7-2/h66-69,74H,6-65H2,1-5H3,(H,79,80)(H,81,82)/t66?,67-,68+,69+/m0/s1. The van der Waals surface area contributed by atoms with Gasteiger partial charge in [-0.25, -0.2) is 9.13 Å². The van der Waals surface area contributed by atoms with Gasteiger partial charge in [0.05, 0.1) is 26.4 Å². The third kappa shape index (κ3) is 65.4. The number of hydrogen-bond donors (Lipinski definition) is 3. The number of ether oxygens (including phenoxy) is 4. The number of aliphatic hydroxyl groups is 1. The zero-order valence-electron chi connectivity index (χ0n) is 59.7. The Morgan fingerprint density at radius 1 is 0.304 bits per heavy atom. The van der Waals surface area contributed by atoms with Crippen molar-refractivity contribution in [1.82, 2.24) is 0 Å². The third-order valence-corrected chi connectivity index (χ3v) is 19.3. The van der Waals surface area contributed by atoms with Crippen molar-refractivity contribution in [2.75, 3.05) is 39.6 Å². The van der Waals surface area contributed by atoms with E-state index < -0.39 is 97.5 Å². The first kappa shape index (κ1) is 90.1. The molecule has 92 heavy (non-hydrogen) atoms. The van der Waals surface area contributed by atoms with Crippen molar-refractivity contribution >= 4 is 39.5 Å². The molecule has 19 heteroatoms. The van der Waals surface area contributed by atoms with E-state index in [2.05, 4.69) is 34.6 Å². The van der Waals surface area contributed by atoms with Crippen molar-refractivity contribution in [2.45, 2.75) is 400 Å². The summed E-state index contributed by atoms with van der Waals surface area (Å²) in [5.41, 5.74) is 0. The quantitative estimate of drug-likeness (QED) is 0.0222. The van der Waals surface area contributed by atoms with Crippen molar-refractivity contribution < 1.29 is 80.2 Å². The SMILES string of the molecule is CCCCCCCCCCCCCCCCC(=O)OC[C@H](COP(=O)(O)OC[C@@H](O)COP(=O)(O)OC[C@@H](COC(=O)CCCCCCCCCCCCCC)OC(=O)CCCCCCCCCCCCCC)OC(=O)CCCCCCCCCCCCC(C)CC. The Morgan fingerprint density at radius 2 is 0.522 bits per heavy atom. The van der Waals surface area contributed by atoms with Crippen molar-refractivity contribution in [1.29, 1.82) is 0 Å². The summed E-state index contributed by atoms with van der Waals surface area (Å²) in [7, 11) is -9.90. The molecule has 17 nitrogen and oxygen atoms in total. The van der Waals surface area contributed by atoms with Crippen molar-refractivity contribution in [3.8, 4) is 0 Å². The van der Waals surface area contributed by atoms with Gasteiger partial charge in [-0.05, 0) is 31.6 Å². The molecule has 0 amide bonds. The Balaban J connectivity index is 5.26. The molecule has 0 aromatic rings. The number of phosphoric acid groups is 2. The van der Waals surface area contributed by atoms with Crippen LogP contribution in [0, 0.1) is 5.92 Å². The maximum absolute atomic E-state index is 13.1.